The quantitative estimate of drug-likeness (QED) is 0.536. The predicted molar refractivity (Wildman–Crippen MR) is 142 cm³/mol. The molecule has 1 aliphatic carbocycles. The maximum Gasteiger partial charge on any atom is 0.253 e. The average molecular weight is 502 g/mol. The van der Waals surface area contributed by atoms with Gasteiger partial charge in [-0.25, -0.2) is 4.98 Å². The van der Waals surface area contributed by atoms with Gasteiger partial charge in [0.1, 0.15) is 17.4 Å². The van der Waals surface area contributed by atoms with E-state index >= 15 is 0 Å². The topological polar surface area (TPSA) is 108 Å². The summed E-state index contributed by atoms with van der Waals surface area (Å²) in [6, 6.07) is 12.5. The highest BCUT2D eigenvalue weighted by Gasteiger charge is 2.30. The third-order valence-electron chi connectivity index (χ3n) is 7.00. The number of carbonyl (C=O) groups excluding carboxylic acids is 2. The van der Waals surface area contributed by atoms with Crippen LogP contribution in [0.25, 0.3) is 11.1 Å². The molecule has 2 aromatic heterocycles. The number of pyridine rings is 2. The molecule has 2 N–H and O–H groups in total. The first-order valence-electron chi connectivity index (χ1n) is 12.5. The van der Waals surface area contributed by atoms with E-state index in [1.165, 1.54) is 0 Å². The maximum atomic E-state index is 13.0. The van der Waals surface area contributed by atoms with Crippen molar-refractivity contribution >= 4 is 23.5 Å². The molecule has 1 atom stereocenters. The summed E-state index contributed by atoms with van der Waals surface area (Å²) in [7, 11) is 1.60. The number of hydrogen-bond acceptors (Lipinski definition) is 6. The summed E-state index contributed by atoms with van der Waals surface area (Å²) < 4.78 is 5.19. The summed E-state index contributed by atoms with van der Waals surface area (Å²) in [6.45, 7) is 5.62. The van der Waals surface area contributed by atoms with E-state index in [1.807, 2.05) is 30.9 Å². The Morgan fingerprint density at radius 3 is 2.54 bits per heavy atom. The molecule has 0 bridgehead atoms. The van der Waals surface area contributed by atoms with Crippen molar-refractivity contribution in [3.05, 3.63) is 70.1 Å². The van der Waals surface area contributed by atoms with Gasteiger partial charge >= 0.3 is 0 Å². The van der Waals surface area contributed by atoms with Gasteiger partial charge in [-0.05, 0) is 79.8 Å². The van der Waals surface area contributed by atoms with Crippen molar-refractivity contribution in [2.75, 3.05) is 37.0 Å². The van der Waals surface area contributed by atoms with Crippen LogP contribution < -0.4 is 20.5 Å². The average Bonchev–Trinajstić information content (AvgIpc) is 3.75. The molecule has 37 heavy (non-hydrogen) atoms. The van der Waals surface area contributed by atoms with Gasteiger partial charge in [0.25, 0.3) is 5.91 Å². The van der Waals surface area contributed by atoms with Gasteiger partial charge in [-0.1, -0.05) is 0 Å². The molecule has 2 amide bonds. The smallest absolute Gasteiger partial charge is 0.253 e. The molecule has 9 nitrogen and oxygen atoms in total. The monoisotopic (exact) mass is 501 g/mol. The molecule has 192 valence electrons. The highest BCUT2D eigenvalue weighted by molar-refractivity contribution is 5.95. The summed E-state index contributed by atoms with van der Waals surface area (Å²) in [5.41, 5.74) is 2.91. The number of aryl methyl sites for hydroxylation is 1. The van der Waals surface area contributed by atoms with E-state index in [4.69, 9.17) is 4.74 Å². The lowest BCUT2D eigenvalue weighted by Gasteiger charge is -2.41. The van der Waals surface area contributed by atoms with Gasteiger partial charge in [-0.2, -0.15) is 0 Å². The normalized spacial score (nSPS) is 17.4. The van der Waals surface area contributed by atoms with Crippen LogP contribution in [0.4, 0.5) is 11.6 Å². The minimum Gasteiger partial charge on any atom is -0.497 e. The van der Waals surface area contributed by atoms with Crippen molar-refractivity contribution in [2.45, 2.75) is 32.7 Å². The van der Waals surface area contributed by atoms with E-state index in [0.29, 0.717) is 42.6 Å². The number of methoxy groups -OCH3 is 1. The van der Waals surface area contributed by atoms with E-state index in [1.54, 1.807) is 43.6 Å². The molecule has 0 radical (unpaired) electrons. The highest BCUT2D eigenvalue weighted by atomic mass is 16.5. The molecule has 1 aromatic carbocycles. The number of nitrogens with zero attached hydrogens (tertiary/aromatic N) is 3. The Labute approximate surface area is 215 Å². The van der Waals surface area contributed by atoms with E-state index < -0.39 is 0 Å². The minimum absolute atomic E-state index is 0.00576. The Bertz CT molecular complexity index is 1380. The Morgan fingerprint density at radius 1 is 1.11 bits per heavy atom. The van der Waals surface area contributed by atoms with E-state index in [9.17, 15) is 14.4 Å². The highest BCUT2D eigenvalue weighted by Crippen LogP contribution is 2.31. The van der Waals surface area contributed by atoms with Crippen LogP contribution in [0.2, 0.25) is 0 Å². The Balaban J connectivity index is 1.34. The molecule has 1 aliphatic heterocycles. The lowest BCUT2D eigenvalue weighted by Crippen LogP contribution is -2.54. The van der Waals surface area contributed by atoms with Crippen molar-refractivity contribution in [3.8, 4) is 16.9 Å². The van der Waals surface area contributed by atoms with E-state index in [0.717, 1.165) is 29.5 Å². The number of anilines is 2. The second-order valence-corrected chi connectivity index (χ2v) is 9.79. The van der Waals surface area contributed by atoms with Crippen LogP contribution in [0.1, 0.15) is 35.7 Å². The summed E-state index contributed by atoms with van der Waals surface area (Å²) in [5.74, 6) is 1.94. The van der Waals surface area contributed by atoms with Crippen LogP contribution in [0.5, 0.6) is 5.75 Å². The third kappa shape index (κ3) is 5.35. The van der Waals surface area contributed by atoms with Crippen LogP contribution in [-0.2, 0) is 4.79 Å². The van der Waals surface area contributed by atoms with Gasteiger partial charge in [0.15, 0.2) is 0 Å². The van der Waals surface area contributed by atoms with Gasteiger partial charge in [0, 0.05) is 49.4 Å². The minimum atomic E-state index is -0.212. The van der Waals surface area contributed by atoms with Crippen molar-refractivity contribution in [2.24, 2.45) is 5.92 Å². The number of H-pyrrole nitrogens is 1. The Morgan fingerprint density at radius 2 is 1.86 bits per heavy atom. The standard InChI is InChI=1S/C28H31N5O4/c1-17-15-29-24(30-27(35)19-4-5-19)14-23(17)21-12-25(31-26(34)13-21)33-11-10-32(16-18(33)2)28(36)20-6-8-22(37-3)9-7-20/h6-9,12-15,18-19H,4-5,10-11,16H2,1-3H3,(H,31,34)(H,29,30,35)/t18-/m0/s1. The van der Waals surface area contributed by atoms with E-state index in [2.05, 4.69) is 20.2 Å². The number of ether oxygens (including phenoxy) is 1. The first-order valence-corrected chi connectivity index (χ1v) is 12.5. The first kappa shape index (κ1) is 24.5. The number of amides is 2. The summed E-state index contributed by atoms with van der Waals surface area (Å²) in [4.78, 5) is 49.2. The fourth-order valence-corrected chi connectivity index (χ4v) is 4.73. The van der Waals surface area contributed by atoms with Gasteiger partial charge < -0.3 is 24.8 Å². The number of aromatic nitrogens is 2. The predicted octanol–water partition coefficient (Wildman–Crippen LogP) is 3.45. The number of carbonyl (C=O) groups is 2. The molecule has 9 heteroatoms. The summed E-state index contributed by atoms with van der Waals surface area (Å²) in [6.07, 6.45) is 3.54. The van der Waals surface area contributed by atoms with Crippen LogP contribution in [0, 0.1) is 12.8 Å². The molecule has 3 aromatic rings. The van der Waals surface area contributed by atoms with E-state index in [-0.39, 0.29) is 29.3 Å². The molecule has 2 fully saturated rings. The fraction of sp³-hybridized carbons (Fsp3) is 0.357. The second kappa shape index (κ2) is 10.1. The number of nitrogens with one attached hydrogen (secondary N) is 2. The number of rotatable bonds is 6. The van der Waals surface area contributed by atoms with Crippen molar-refractivity contribution < 1.29 is 14.3 Å². The summed E-state index contributed by atoms with van der Waals surface area (Å²) >= 11 is 0. The molecule has 0 spiro atoms. The van der Waals surface area contributed by atoms with Crippen molar-refractivity contribution in [3.63, 3.8) is 0 Å². The first-order chi connectivity index (χ1) is 17.8. The van der Waals surface area contributed by atoms with Gasteiger partial charge in [-0.15, -0.1) is 0 Å². The van der Waals surface area contributed by atoms with Gasteiger partial charge in [0.2, 0.25) is 11.5 Å². The lowest BCUT2D eigenvalue weighted by atomic mass is 10.0. The lowest BCUT2D eigenvalue weighted by molar-refractivity contribution is -0.117. The zero-order valence-corrected chi connectivity index (χ0v) is 21.3. The number of piperazine rings is 1. The molecule has 0 unspecified atom stereocenters. The molecular formula is C28H31N5O4. The Hall–Kier alpha value is -4.14. The zero-order valence-electron chi connectivity index (χ0n) is 21.3. The SMILES string of the molecule is COc1ccc(C(=O)N2CCN(c3cc(-c4cc(NC(=O)C5CC5)ncc4C)cc(=O)[nH]3)[C@@H](C)C2)cc1. The number of aromatic amines is 1. The maximum absolute atomic E-state index is 13.0. The Kier molecular flexibility index (Phi) is 6.69. The number of hydrogen-bond donors (Lipinski definition) is 2. The summed E-state index contributed by atoms with van der Waals surface area (Å²) in [5, 5.41) is 2.89. The zero-order chi connectivity index (χ0) is 26.1. The van der Waals surface area contributed by atoms with Gasteiger partial charge in [-0.3, -0.25) is 14.4 Å². The van der Waals surface area contributed by atoms with Crippen molar-refractivity contribution in [1.82, 2.24) is 14.9 Å². The molecule has 3 heterocycles. The third-order valence-corrected chi connectivity index (χ3v) is 7.00. The molecular weight excluding hydrogens is 470 g/mol. The van der Waals surface area contributed by atoms with Crippen LogP contribution in [0.15, 0.2) is 53.5 Å². The van der Waals surface area contributed by atoms with Crippen molar-refractivity contribution in [1.29, 1.82) is 0 Å². The second-order valence-electron chi connectivity index (χ2n) is 9.79. The molecule has 2 aliphatic rings. The van der Waals surface area contributed by atoms with Gasteiger partial charge in [0.05, 0.1) is 7.11 Å². The molecule has 1 saturated carbocycles. The van der Waals surface area contributed by atoms with Crippen LogP contribution >= 0.6 is 0 Å². The number of benzene rings is 1. The van der Waals surface area contributed by atoms with Crippen LogP contribution in [-0.4, -0.2) is 59.5 Å². The molecule has 1 saturated heterocycles. The van der Waals surface area contributed by atoms with Crippen LogP contribution in [0.3, 0.4) is 0 Å². The fourth-order valence-electron chi connectivity index (χ4n) is 4.73. The largest absolute Gasteiger partial charge is 0.497 e. The molecule has 5 rings (SSSR count).